The van der Waals surface area contributed by atoms with Crippen molar-refractivity contribution in [3.8, 4) is 0 Å². The van der Waals surface area contributed by atoms with E-state index in [-0.39, 0.29) is 13.1 Å². The lowest BCUT2D eigenvalue weighted by molar-refractivity contribution is -0.175. The van der Waals surface area contributed by atoms with Crippen LogP contribution in [0.1, 0.15) is 19.3 Å². The Morgan fingerprint density at radius 3 is 2.74 bits per heavy atom. The zero-order chi connectivity index (χ0) is 13.7. The Kier molecular flexibility index (Phi) is 5.47. The van der Waals surface area contributed by atoms with Crippen LogP contribution in [0.2, 0.25) is 0 Å². The summed E-state index contributed by atoms with van der Waals surface area (Å²) < 4.78 is 43.7. The van der Waals surface area contributed by atoms with Crippen LogP contribution in [0, 0.1) is 11.8 Å². The van der Waals surface area contributed by atoms with Crippen LogP contribution in [-0.4, -0.2) is 57.0 Å². The molecule has 3 nitrogen and oxygen atoms in total. The number of rotatable bonds is 6. The Morgan fingerprint density at radius 1 is 1.26 bits per heavy atom. The van der Waals surface area contributed by atoms with Crippen LogP contribution in [0.5, 0.6) is 0 Å². The van der Waals surface area contributed by atoms with Crippen LogP contribution in [0.25, 0.3) is 0 Å². The van der Waals surface area contributed by atoms with Crippen molar-refractivity contribution >= 4 is 0 Å². The fraction of sp³-hybridized carbons (Fsp3) is 1.00. The summed E-state index contributed by atoms with van der Waals surface area (Å²) in [4.78, 5) is 1.90. The second kappa shape index (κ2) is 6.90. The number of alkyl halides is 3. The SMILES string of the molecule is FC(F)(F)C1CNCCN(CCCOCC2CC2)C1. The summed E-state index contributed by atoms with van der Waals surface area (Å²) in [5.74, 6) is -0.501. The average molecular weight is 280 g/mol. The summed E-state index contributed by atoms with van der Waals surface area (Å²) in [7, 11) is 0. The van der Waals surface area contributed by atoms with Gasteiger partial charge in [0.15, 0.2) is 0 Å². The molecule has 6 heteroatoms. The van der Waals surface area contributed by atoms with Crippen molar-refractivity contribution < 1.29 is 17.9 Å². The van der Waals surface area contributed by atoms with Crippen LogP contribution in [0.3, 0.4) is 0 Å². The van der Waals surface area contributed by atoms with E-state index in [1.165, 1.54) is 12.8 Å². The van der Waals surface area contributed by atoms with Gasteiger partial charge in [0.05, 0.1) is 5.92 Å². The molecule has 0 aromatic heterocycles. The molecule has 0 radical (unpaired) electrons. The number of nitrogens with zero attached hydrogens (tertiary/aromatic N) is 1. The summed E-state index contributed by atoms with van der Waals surface area (Å²) in [5, 5.41) is 2.87. The van der Waals surface area contributed by atoms with E-state index in [4.69, 9.17) is 4.74 Å². The molecule has 0 aromatic rings. The fourth-order valence-corrected chi connectivity index (χ4v) is 2.33. The van der Waals surface area contributed by atoms with E-state index in [9.17, 15) is 13.2 Å². The highest BCUT2D eigenvalue weighted by Crippen LogP contribution is 2.29. The highest BCUT2D eigenvalue weighted by Gasteiger charge is 2.40. The monoisotopic (exact) mass is 280 g/mol. The van der Waals surface area contributed by atoms with E-state index in [0.29, 0.717) is 26.2 Å². The Labute approximate surface area is 112 Å². The molecule has 19 heavy (non-hydrogen) atoms. The smallest absolute Gasteiger partial charge is 0.381 e. The van der Waals surface area contributed by atoms with Gasteiger partial charge in [-0.3, -0.25) is 0 Å². The van der Waals surface area contributed by atoms with E-state index in [2.05, 4.69) is 5.32 Å². The molecule has 0 aromatic carbocycles. The lowest BCUT2D eigenvalue weighted by Crippen LogP contribution is -2.38. The number of nitrogens with one attached hydrogen (secondary N) is 1. The Bertz CT molecular complexity index is 269. The van der Waals surface area contributed by atoms with Crippen molar-refractivity contribution in [2.75, 3.05) is 45.9 Å². The van der Waals surface area contributed by atoms with Crippen LogP contribution in [-0.2, 0) is 4.74 Å². The Balaban J connectivity index is 1.63. The van der Waals surface area contributed by atoms with Crippen LogP contribution >= 0.6 is 0 Å². The van der Waals surface area contributed by atoms with Crippen molar-refractivity contribution in [3.05, 3.63) is 0 Å². The lowest BCUT2D eigenvalue weighted by Gasteiger charge is -2.25. The highest BCUT2D eigenvalue weighted by atomic mass is 19.4. The molecule has 0 bridgehead atoms. The third-order valence-corrected chi connectivity index (χ3v) is 3.75. The maximum Gasteiger partial charge on any atom is 0.394 e. The van der Waals surface area contributed by atoms with Crippen molar-refractivity contribution in [2.45, 2.75) is 25.4 Å². The second-order valence-electron chi connectivity index (χ2n) is 5.62. The van der Waals surface area contributed by atoms with Gasteiger partial charge in [0, 0.05) is 45.9 Å². The number of hydrogen-bond acceptors (Lipinski definition) is 3. The van der Waals surface area contributed by atoms with Crippen molar-refractivity contribution in [3.63, 3.8) is 0 Å². The van der Waals surface area contributed by atoms with Gasteiger partial charge in [-0.05, 0) is 25.2 Å². The first-order chi connectivity index (χ1) is 9.05. The van der Waals surface area contributed by atoms with E-state index < -0.39 is 12.1 Å². The number of hydrogen-bond donors (Lipinski definition) is 1. The molecule has 2 aliphatic rings. The molecule has 1 N–H and O–H groups in total. The minimum absolute atomic E-state index is 0.0399. The lowest BCUT2D eigenvalue weighted by atomic mass is 10.1. The molecule has 1 saturated carbocycles. The molecule has 112 valence electrons. The fourth-order valence-electron chi connectivity index (χ4n) is 2.33. The van der Waals surface area contributed by atoms with Gasteiger partial charge in [-0.1, -0.05) is 0 Å². The Hall–Kier alpha value is -0.330. The molecule has 1 atom stereocenters. The van der Waals surface area contributed by atoms with Crippen molar-refractivity contribution in [1.29, 1.82) is 0 Å². The van der Waals surface area contributed by atoms with Gasteiger partial charge >= 0.3 is 6.18 Å². The molecule has 1 unspecified atom stereocenters. The first-order valence-electron chi connectivity index (χ1n) is 7.13. The minimum atomic E-state index is -4.10. The van der Waals surface area contributed by atoms with Gasteiger partial charge in [-0.25, -0.2) is 0 Å². The molecular formula is C13H23F3N2O. The van der Waals surface area contributed by atoms with Crippen molar-refractivity contribution in [2.24, 2.45) is 11.8 Å². The largest absolute Gasteiger partial charge is 0.394 e. The van der Waals surface area contributed by atoms with E-state index in [1.54, 1.807) is 0 Å². The maximum atomic E-state index is 12.7. The van der Waals surface area contributed by atoms with Crippen LogP contribution < -0.4 is 5.32 Å². The summed E-state index contributed by atoms with van der Waals surface area (Å²) in [6.07, 6.45) is -0.745. The van der Waals surface area contributed by atoms with Gasteiger partial charge in [-0.2, -0.15) is 13.2 Å². The quantitative estimate of drug-likeness (QED) is 0.752. The number of ether oxygens (including phenoxy) is 1. The van der Waals surface area contributed by atoms with Gasteiger partial charge in [0.25, 0.3) is 0 Å². The van der Waals surface area contributed by atoms with Gasteiger partial charge in [0.2, 0.25) is 0 Å². The predicted molar refractivity (Wildman–Crippen MR) is 67.0 cm³/mol. The minimum Gasteiger partial charge on any atom is -0.381 e. The predicted octanol–water partition coefficient (Wildman–Crippen LogP) is 1.89. The van der Waals surface area contributed by atoms with E-state index in [1.807, 2.05) is 4.90 Å². The standard InChI is InChI=1S/C13H23F3N2O/c14-13(15,16)12-8-17-4-6-18(9-12)5-1-7-19-10-11-2-3-11/h11-12,17H,1-10H2. The summed E-state index contributed by atoms with van der Waals surface area (Å²) in [5.41, 5.74) is 0. The first kappa shape index (κ1) is 15.1. The maximum absolute atomic E-state index is 12.7. The van der Waals surface area contributed by atoms with E-state index >= 15 is 0 Å². The normalized spacial score (nSPS) is 26.4. The molecule has 0 spiro atoms. The molecule has 2 rings (SSSR count). The van der Waals surface area contributed by atoms with Gasteiger partial charge < -0.3 is 15.0 Å². The molecule has 0 amide bonds. The highest BCUT2D eigenvalue weighted by molar-refractivity contribution is 4.78. The zero-order valence-corrected chi connectivity index (χ0v) is 11.2. The summed E-state index contributed by atoms with van der Waals surface area (Å²) >= 11 is 0. The number of halogens is 3. The first-order valence-corrected chi connectivity index (χ1v) is 7.13. The zero-order valence-electron chi connectivity index (χ0n) is 11.2. The van der Waals surface area contributed by atoms with Crippen molar-refractivity contribution in [1.82, 2.24) is 10.2 Å². The summed E-state index contributed by atoms with van der Waals surface area (Å²) in [6, 6.07) is 0. The molecule has 2 fully saturated rings. The third kappa shape index (κ3) is 5.67. The third-order valence-electron chi connectivity index (χ3n) is 3.75. The molecule has 1 aliphatic heterocycles. The molecule has 1 saturated heterocycles. The topological polar surface area (TPSA) is 24.5 Å². The Morgan fingerprint density at radius 2 is 2.05 bits per heavy atom. The molecular weight excluding hydrogens is 257 g/mol. The van der Waals surface area contributed by atoms with Gasteiger partial charge in [-0.15, -0.1) is 0 Å². The summed E-state index contributed by atoms with van der Waals surface area (Å²) in [6.45, 7) is 3.66. The van der Waals surface area contributed by atoms with Crippen LogP contribution in [0.15, 0.2) is 0 Å². The van der Waals surface area contributed by atoms with Crippen LogP contribution in [0.4, 0.5) is 13.2 Å². The molecule has 1 heterocycles. The van der Waals surface area contributed by atoms with E-state index in [0.717, 1.165) is 18.9 Å². The second-order valence-corrected chi connectivity index (χ2v) is 5.62. The molecule has 1 aliphatic carbocycles. The van der Waals surface area contributed by atoms with Gasteiger partial charge in [0.1, 0.15) is 0 Å². The average Bonchev–Trinajstić information content (AvgIpc) is 3.13.